The first-order chi connectivity index (χ1) is 13.6. The lowest BCUT2D eigenvalue weighted by Crippen LogP contribution is -2.48. The summed E-state index contributed by atoms with van der Waals surface area (Å²) in [6.07, 6.45) is 4.49. The van der Waals surface area contributed by atoms with Gasteiger partial charge in [-0.05, 0) is 56.9 Å². The van der Waals surface area contributed by atoms with Crippen LogP contribution in [-0.2, 0) is 16.0 Å². The van der Waals surface area contributed by atoms with Crippen molar-refractivity contribution in [3.05, 3.63) is 35.8 Å². The van der Waals surface area contributed by atoms with Crippen LogP contribution < -0.4 is 5.32 Å². The molecule has 1 saturated heterocycles. The average Bonchev–Trinajstić information content (AvgIpc) is 3.09. The van der Waals surface area contributed by atoms with Gasteiger partial charge in [0.15, 0.2) is 5.96 Å². The van der Waals surface area contributed by atoms with Crippen molar-refractivity contribution in [1.82, 2.24) is 15.2 Å². The number of ether oxygens (including phenoxy) is 1. The number of aromatic amines is 1. The Bertz CT molecular complexity index is 839. The fraction of sp³-hybridized carbons (Fsp3) is 0.524. The highest BCUT2D eigenvalue weighted by molar-refractivity contribution is 14.0. The van der Waals surface area contributed by atoms with Crippen LogP contribution >= 0.6 is 24.0 Å². The Hall–Kier alpha value is -1.84. The van der Waals surface area contributed by atoms with Crippen LogP contribution in [0.1, 0.15) is 32.3 Å². The van der Waals surface area contributed by atoms with Crippen LogP contribution in [0.3, 0.4) is 0 Å². The van der Waals surface area contributed by atoms with Gasteiger partial charge in [0.2, 0.25) is 0 Å². The molecule has 1 atom stereocenters. The summed E-state index contributed by atoms with van der Waals surface area (Å²) in [5, 5.41) is 4.36. The topological polar surface area (TPSA) is 69.7 Å². The smallest absolute Gasteiger partial charge is 0.310 e. The quantitative estimate of drug-likeness (QED) is 0.266. The number of piperidine rings is 1. The van der Waals surface area contributed by atoms with E-state index in [2.05, 4.69) is 15.2 Å². The second kappa shape index (κ2) is 11.4. The number of nitrogens with one attached hydrogen (secondary N) is 2. The summed E-state index contributed by atoms with van der Waals surface area (Å²) in [5.41, 5.74) is 1.93. The van der Waals surface area contributed by atoms with Crippen molar-refractivity contribution in [2.75, 3.05) is 32.8 Å². The maximum absolute atomic E-state index is 13.3. The molecule has 2 N–H and O–H groups in total. The molecular weight excluding hydrogens is 486 g/mol. The molecule has 0 spiro atoms. The van der Waals surface area contributed by atoms with Gasteiger partial charge in [-0.1, -0.05) is 0 Å². The zero-order valence-corrected chi connectivity index (χ0v) is 19.4. The number of rotatable bonds is 6. The van der Waals surface area contributed by atoms with Gasteiger partial charge in [-0.3, -0.25) is 9.79 Å². The number of guanidine groups is 1. The molecule has 1 aromatic heterocycles. The van der Waals surface area contributed by atoms with E-state index in [9.17, 15) is 9.18 Å². The lowest BCUT2D eigenvalue weighted by Gasteiger charge is -2.34. The Labute approximate surface area is 188 Å². The monoisotopic (exact) mass is 516 g/mol. The number of esters is 1. The van der Waals surface area contributed by atoms with Crippen molar-refractivity contribution in [2.45, 2.75) is 33.1 Å². The minimum absolute atomic E-state index is 0. The average molecular weight is 516 g/mol. The Balaban J connectivity index is 0.00000300. The Morgan fingerprint density at radius 3 is 3.00 bits per heavy atom. The Kier molecular flexibility index (Phi) is 9.19. The van der Waals surface area contributed by atoms with Gasteiger partial charge < -0.3 is 19.9 Å². The number of nitrogens with zero attached hydrogens (tertiary/aromatic N) is 2. The van der Waals surface area contributed by atoms with E-state index in [-0.39, 0.29) is 41.7 Å². The Morgan fingerprint density at radius 2 is 2.24 bits per heavy atom. The maximum atomic E-state index is 13.3. The number of hydrogen-bond acceptors (Lipinski definition) is 3. The molecule has 1 aliphatic rings. The van der Waals surface area contributed by atoms with E-state index in [4.69, 9.17) is 9.73 Å². The molecule has 0 aliphatic carbocycles. The van der Waals surface area contributed by atoms with Crippen LogP contribution in [0.15, 0.2) is 29.4 Å². The van der Waals surface area contributed by atoms with E-state index in [1.54, 1.807) is 6.07 Å². The summed E-state index contributed by atoms with van der Waals surface area (Å²) in [6, 6.07) is 4.80. The van der Waals surface area contributed by atoms with Crippen LogP contribution in [0.4, 0.5) is 4.39 Å². The van der Waals surface area contributed by atoms with Crippen LogP contribution in [0, 0.1) is 11.7 Å². The van der Waals surface area contributed by atoms with Crippen molar-refractivity contribution in [1.29, 1.82) is 0 Å². The highest BCUT2D eigenvalue weighted by Gasteiger charge is 2.28. The van der Waals surface area contributed by atoms with Crippen LogP contribution in [-0.4, -0.2) is 54.6 Å². The molecular formula is C21H30FIN4O2. The minimum Gasteiger partial charge on any atom is -0.466 e. The first-order valence-corrected chi connectivity index (χ1v) is 10.1. The van der Waals surface area contributed by atoms with Crippen molar-refractivity contribution >= 4 is 46.8 Å². The maximum Gasteiger partial charge on any atom is 0.310 e. The van der Waals surface area contributed by atoms with E-state index < -0.39 is 0 Å². The molecule has 3 rings (SSSR count). The molecule has 0 amide bonds. The summed E-state index contributed by atoms with van der Waals surface area (Å²) in [6.45, 7) is 7.20. The van der Waals surface area contributed by atoms with Gasteiger partial charge in [0.1, 0.15) is 5.82 Å². The molecule has 2 heterocycles. The normalized spacial score (nSPS) is 17.1. The van der Waals surface area contributed by atoms with Crippen molar-refractivity contribution < 1.29 is 13.9 Å². The summed E-state index contributed by atoms with van der Waals surface area (Å²) >= 11 is 0. The van der Waals surface area contributed by atoms with Gasteiger partial charge >= 0.3 is 5.97 Å². The highest BCUT2D eigenvalue weighted by Crippen LogP contribution is 2.20. The minimum atomic E-state index is -0.241. The highest BCUT2D eigenvalue weighted by atomic mass is 127. The molecule has 160 valence electrons. The fourth-order valence-electron chi connectivity index (χ4n) is 3.70. The predicted octanol–water partition coefficient (Wildman–Crippen LogP) is 3.71. The molecule has 6 nitrogen and oxygen atoms in total. The zero-order chi connectivity index (χ0) is 19.9. The summed E-state index contributed by atoms with van der Waals surface area (Å²) in [5.74, 6) is 0.382. The van der Waals surface area contributed by atoms with E-state index in [0.29, 0.717) is 19.7 Å². The SMILES string of the molecule is CCNC(=NCCc1c[nH]c2cc(F)ccc12)N1CCCC(C(=O)OCC)C1.I. The van der Waals surface area contributed by atoms with E-state index >= 15 is 0 Å². The summed E-state index contributed by atoms with van der Waals surface area (Å²) in [7, 11) is 0. The first-order valence-electron chi connectivity index (χ1n) is 10.1. The molecule has 0 saturated carbocycles. The van der Waals surface area contributed by atoms with Crippen molar-refractivity contribution in [2.24, 2.45) is 10.9 Å². The molecule has 0 bridgehead atoms. The number of aromatic nitrogens is 1. The summed E-state index contributed by atoms with van der Waals surface area (Å²) in [4.78, 5) is 22.1. The van der Waals surface area contributed by atoms with Crippen LogP contribution in [0.25, 0.3) is 10.9 Å². The van der Waals surface area contributed by atoms with Gasteiger partial charge in [-0.2, -0.15) is 0 Å². The predicted molar refractivity (Wildman–Crippen MR) is 124 cm³/mol. The number of benzene rings is 1. The number of fused-ring (bicyclic) bond motifs is 1. The largest absolute Gasteiger partial charge is 0.466 e. The van der Waals surface area contributed by atoms with E-state index in [1.807, 2.05) is 20.0 Å². The van der Waals surface area contributed by atoms with Gasteiger partial charge in [-0.25, -0.2) is 4.39 Å². The van der Waals surface area contributed by atoms with E-state index in [0.717, 1.165) is 54.8 Å². The van der Waals surface area contributed by atoms with Gasteiger partial charge in [-0.15, -0.1) is 24.0 Å². The van der Waals surface area contributed by atoms with Crippen LogP contribution in [0.5, 0.6) is 0 Å². The van der Waals surface area contributed by atoms with Gasteiger partial charge in [0, 0.05) is 43.3 Å². The third kappa shape index (κ3) is 6.07. The van der Waals surface area contributed by atoms with Crippen molar-refractivity contribution in [3.63, 3.8) is 0 Å². The zero-order valence-electron chi connectivity index (χ0n) is 17.0. The lowest BCUT2D eigenvalue weighted by atomic mass is 9.98. The molecule has 2 aromatic rings. The fourth-order valence-corrected chi connectivity index (χ4v) is 3.70. The molecule has 1 aliphatic heterocycles. The van der Waals surface area contributed by atoms with Crippen molar-refractivity contribution in [3.8, 4) is 0 Å². The summed E-state index contributed by atoms with van der Waals surface area (Å²) < 4.78 is 18.5. The van der Waals surface area contributed by atoms with Gasteiger partial charge in [0.25, 0.3) is 0 Å². The lowest BCUT2D eigenvalue weighted by molar-refractivity contribution is -0.149. The second-order valence-electron chi connectivity index (χ2n) is 7.03. The molecule has 1 fully saturated rings. The number of H-pyrrole nitrogens is 1. The molecule has 1 aromatic carbocycles. The number of aliphatic imine (C=N–C) groups is 1. The molecule has 1 unspecified atom stereocenters. The van der Waals surface area contributed by atoms with Crippen LogP contribution in [0.2, 0.25) is 0 Å². The third-order valence-electron chi connectivity index (χ3n) is 5.05. The molecule has 29 heavy (non-hydrogen) atoms. The second-order valence-corrected chi connectivity index (χ2v) is 7.03. The van der Waals surface area contributed by atoms with E-state index in [1.165, 1.54) is 12.1 Å². The number of hydrogen-bond donors (Lipinski definition) is 2. The molecule has 0 radical (unpaired) electrons. The number of halogens is 2. The number of likely N-dealkylation sites (tertiary alicyclic amines) is 1. The third-order valence-corrected chi connectivity index (χ3v) is 5.05. The van der Waals surface area contributed by atoms with Gasteiger partial charge in [0.05, 0.1) is 12.5 Å². The standard InChI is InChI=1S/C21H29FN4O2.HI/c1-3-23-21(26-11-5-6-16(14-26)20(27)28-4-2)24-10-9-15-13-25-19-12-17(22)7-8-18(15)19;/h7-8,12-13,16,25H,3-6,9-11,14H2,1-2H3,(H,23,24);1H. The molecule has 8 heteroatoms. The number of carbonyl (C=O) groups is 1. The number of carbonyl (C=O) groups excluding carboxylic acids is 1. The first kappa shape index (κ1) is 23.4. The Morgan fingerprint density at radius 1 is 1.41 bits per heavy atom.